The molecule has 0 aromatic heterocycles. The highest BCUT2D eigenvalue weighted by Crippen LogP contribution is 2.08. The van der Waals surface area contributed by atoms with E-state index in [2.05, 4.69) is 22.4 Å². The van der Waals surface area contributed by atoms with E-state index >= 15 is 0 Å². The Morgan fingerprint density at radius 1 is 0.846 bits per heavy atom. The molecule has 1 aliphatic rings. The van der Waals surface area contributed by atoms with Gasteiger partial charge in [0.1, 0.15) is 0 Å². The van der Waals surface area contributed by atoms with E-state index in [1.54, 1.807) is 0 Å². The van der Waals surface area contributed by atoms with Crippen molar-refractivity contribution in [3.05, 3.63) is 23.5 Å². The standard InChI is InChI=1S/C7H10N2.2C2H6/c1-6-4-3-5-7(2)9-8-6;2*1-2/h4-5H,3H2,1-2H3;2*1-2H3. The fraction of sp³-hybridized carbons (Fsp3) is 0.636. The van der Waals surface area contributed by atoms with E-state index in [0.29, 0.717) is 0 Å². The average Bonchev–Trinajstić information content (AvgIpc) is 2.38. The predicted molar refractivity (Wildman–Crippen MR) is 59.7 cm³/mol. The molecule has 1 rings (SSSR count). The highest BCUT2D eigenvalue weighted by molar-refractivity contribution is 5.07. The average molecular weight is 182 g/mol. The minimum absolute atomic E-state index is 0.963. The van der Waals surface area contributed by atoms with E-state index in [4.69, 9.17) is 0 Å². The molecule has 0 bridgehead atoms. The third-order valence-corrected chi connectivity index (χ3v) is 1.19. The van der Waals surface area contributed by atoms with Crippen LogP contribution in [-0.4, -0.2) is 0 Å². The minimum atomic E-state index is 0.963. The van der Waals surface area contributed by atoms with Gasteiger partial charge in [0.25, 0.3) is 0 Å². The third-order valence-electron chi connectivity index (χ3n) is 1.19. The molecule has 0 spiro atoms. The quantitative estimate of drug-likeness (QED) is 0.518. The maximum atomic E-state index is 3.92. The molecule has 0 aromatic carbocycles. The van der Waals surface area contributed by atoms with Gasteiger partial charge in [0, 0.05) is 0 Å². The van der Waals surface area contributed by atoms with Gasteiger partial charge in [-0.15, -0.1) is 0 Å². The fourth-order valence-electron chi connectivity index (χ4n) is 0.639. The summed E-state index contributed by atoms with van der Waals surface area (Å²) in [5, 5.41) is 7.84. The summed E-state index contributed by atoms with van der Waals surface area (Å²) in [6, 6.07) is 0. The van der Waals surface area contributed by atoms with Gasteiger partial charge in [-0.1, -0.05) is 39.8 Å². The zero-order valence-electron chi connectivity index (χ0n) is 9.76. The first kappa shape index (κ1) is 14.6. The van der Waals surface area contributed by atoms with Crippen molar-refractivity contribution in [3.8, 4) is 0 Å². The molecule has 0 N–H and O–H groups in total. The van der Waals surface area contributed by atoms with Crippen LogP contribution in [0.3, 0.4) is 0 Å². The lowest BCUT2D eigenvalue weighted by Crippen LogP contribution is -1.61. The Morgan fingerprint density at radius 3 is 1.46 bits per heavy atom. The molecule has 2 nitrogen and oxygen atoms in total. The lowest BCUT2D eigenvalue weighted by atomic mass is 10.3. The molecule has 0 atom stereocenters. The van der Waals surface area contributed by atoms with Crippen LogP contribution < -0.4 is 0 Å². The summed E-state index contributed by atoms with van der Waals surface area (Å²) in [4.78, 5) is 0. The van der Waals surface area contributed by atoms with E-state index in [1.165, 1.54) is 0 Å². The zero-order valence-corrected chi connectivity index (χ0v) is 9.76. The van der Waals surface area contributed by atoms with Crippen molar-refractivity contribution in [2.75, 3.05) is 0 Å². The van der Waals surface area contributed by atoms with Crippen LogP contribution >= 0.6 is 0 Å². The maximum absolute atomic E-state index is 3.92. The van der Waals surface area contributed by atoms with Gasteiger partial charge in [-0.2, -0.15) is 10.2 Å². The van der Waals surface area contributed by atoms with Crippen LogP contribution in [0.4, 0.5) is 0 Å². The van der Waals surface area contributed by atoms with Crippen LogP contribution in [0.2, 0.25) is 0 Å². The summed E-state index contributed by atoms with van der Waals surface area (Å²) >= 11 is 0. The topological polar surface area (TPSA) is 24.7 Å². The van der Waals surface area contributed by atoms with E-state index in [-0.39, 0.29) is 0 Å². The Labute approximate surface area is 82.5 Å². The molecule has 0 aliphatic carbocycles. The Balaban J connectivity index is 0. The van der Waals surface area contributed by atoms with Gasteiger partial charge in [0.15, 0.2) is 0 Å². The van der Waals surface area contributed by atoms with Crippen LogP contribution in [0.5, 0.6) is 0 Å². The Hall–Kier alpha value is -0.920. The molecular weight excluding hydrogens is 160 g/mol. The number of allylic oxidation sites excluding steroid dienone is 4. The second kappa shape index (κ2) is 11.1. The van der Waals surface area contributed by atoms with Crippen molar-refractivity contribution in [2.24, 2.45) is 10.2 Å². The van der Waals surface area contributed by atoms with Gasteiger partial charge in [0.2, 0.25) is 0 Å². The second-order valence-electron chi connectivity index (χ2n) is 2.13. The smallest absolute Gasteiger partial charge is 0.0563 e. The zero-order chi connectivity index (χ0) is 10.7. The number of nitrogens with zero attached hydrogens (tertiary/aromatic N) is 2. The van der Waals surface area contributed by atoms with Crippen LogP contribution in [0.1, 0.15) is 48.0 Å². The molecule has 0 unspecified atom stereocenters. The summed E-state index contributed by atoms with van der Waals surface area (Å²) in [7, 11) is 0. The molecule has 0 saturated carbocycles. The van der Waals surface area contributed by atoms with Crippen molar-refractivity contribution >= 4 is 0 Å². The summed E-state index contributed by atoms with van der Waals surface area (Å²) in [6.45, 7) is 11.9. The highest BCUT2D eigenvalue weighted by Gasteiger charge is 1.89. The van der Waals surface area contributed by atoms with Gasteiger partial charge < -0.3 is 0 Å². The molecule has 0 radical (unpaired) electrons. The first-order chi connectivity index (χ1) is 6.29. The van der Waals surface area contributed by atoms with Gasteiger partial charge in [-0.25, -0.2) is 0 Å². The SMILES string of the molecule is CC.CC.CC1=CCC=C(C)N=N1. The first-order valence-corrected chi connectivity index (χ1v) is 5.04. The molecule has 2 heteroatoms. The third kappa shape index (κ3) is 8.99. The van der Waals surface area contributed by atoms with Crippen molar-refractivity contribution < 1.29 is 0 Å². The first-order valence-electron chi connectivity index (χ1n) is 5.04. The largest absolute Gasteiger partial charge is 0.156 e. The van der Waals surface area contributed by atoms with Crippen LogP contribution in [0, 0.1) is 0 Å². The number of hydrogen-bond acceptors (Lipinski definition) is 2. The summed E-state index contributed by atoms with van der Waals surface area (Å²) in [5.74, 6) is 0. The van der Waals surface area contributed by atoms with Crippen molar-refractivity contribution in [2.45, 2.75) is 48.0 Å². The summed E-state index contributed by atoms with van der Waals surface area (Å²) < 4.78 is 0. The molecule has 76 valence electrons. The van der Waals surface area contributed by atoms with Crippen molar-refractivity contribution in [1.82, 2.24) is 0 Å². The second-order valence-corrected chi connectivity index (χ2v) is 2.13. The molecule has 0 aromatic rings. The number of azo groups is 1. The normalized spacial score (nSPS) is 13.7. The van der Waals surface area contributed by atoms with E-state index in [1.807, 2.05) is 41.5 Å². The van der Waals surface area contributed by atoms with Crippen molar-refractivity contribution in [1.29, 1.82) is 0 Å². The van der Waals surface area contributed by atoms with Gasteiger partial charge in [-0.05, 0) is 20.3 Å². The molecule has 0 amide bonds. The Bertz CT molecular complexity index is 168. The molecule has 13 heavy (non-hydrogen) atoms. The van der Waals surface area contributed by atoms with E-state index in [9.17, 15) is 0 Å². The predicted octanol–water partition coefficient (Wildman–Crippen LogP) is 4.70. The lowest BCUT2D eigenvalue weighted by Gasteiger charge is -1.82. The van der Waals surface area contributed by atoms with Crippen LogP contribution in [0.15, 0.2) is 33.8 Å². The molecular formula is C11H22N2. The maximum Gasteiger partial charge on any atom is 0.0563 e. The summed E-state index contributed by atoms with van der Waals surface area (Å²) in [5.41, 5.74) is 2.01. The summed E-state index contributed by atoms with van der Waals surface area (Å²) in [6.07, 6.45) is 5.07. The molecule has 1 heterocycles. The molecule has 0 fully saturated rings. The number of hydrogen-bond donors (Lipinski definition) is 0. The molecule has 1 aliphatic heterocycles. The van der Waals surface area contributed by atoms with E-state index in [0.717, 1.165) is 17.8 Å². The Morgan fingerprint density at radius 2 is 1.15 bits per heavy atom. The van der Waals surface area contributed by atoms with Gasteiger partial charge in [-0.3, -0.25) is 0 Å². The Kier molecular flexibility index (Phi) is 12.4. The van der Waals surface area contributed by atoms with Crippen molar-refractivity contribution in [3.63, 3.8) is 0 Å². The fourth-order valence-corrected chi connectivity index (χ4v) is 0.639. The lowest BCUT2D eigenvalue weighted by molar-refractivity contribution is 1.07. The van der Waals surface area contributed by atoms with E-state index < -0.39 is 0 Å². The highest BCUT2D eigenvalue weighted by atomic mass is 15.1. The number of rotatable bonds is 0. The van der Waals surface area contributed by atoms with Gasteiger partial charge >= 0.3 is 0 Å². The molecule has 0 saturated heterocycles. The minimum Gasteiger partial charge on any atom is -0.156 e. The van der Waals surface area contributed by atoms with Crippen LogP contribution in [0.25, 0.3) is 0 Å². The van der Waals surface area contributed by atoms with Gasteiger partial charge in [0.05, 0.1) is 11.4 Å². The monoisotopic (exact) mass is 182 g/mol. The van der Waals surface area contributed by atoms with Crippen LogP contribution in [-0.2, 0) is 0 Å².